The van der Waals surface area contributed by atoms with Crippen LogP contribution in [0, 0.1) is 5.92 Å². The lowest BCUT2D eigenvalue weighted by atomic mass is 9.93. The van der Waals surface area contributed by atoms with E-state index >= 15 is 0 Å². The average Bonchev–Trinajstić information content (AvgIpc) is 3.34. The predicted octanol–water partition coefficient (Wildman–Crippen LogP) is 3.86. The van der Waals surface area contributed by atoms with Crippen LogP contribution in [-0.4, -0.2) is 103 Å². The van der Waals surface area contributed by atoms with Crippen molar-refractivity contribution in [3.8, 4) is 0 Å². The van der Waals surface area contributed by atoms with Gasteiger partial charge in [0.05, 0.1) is 13.0 Å². The first-order valence-corrected chi connectivity index (χ1v) is 15.0. The largest absolute Gasteiger partial charge is 0.461 e. The number of hydrogen-bond acceptors (Lipinski definition) is 7. The third-order valence-corrected chi connectivity index (χ3v) is 8.51. The number of amides is 1. The molecule has 1 unspecified atom stereocenters. The molecule has 40 heavy (non-hydrogen) atoms. The van der Waals surface area contributed by atoms with Gasteiger partial charge in [0.1, 0.15) is 12.7 Å². The van der Waals surface area contributed by atoms with Crippen LogP contribution in [0.3, 0.4) is 0 Å². The lowest BCUT2D eigenvalue weighted by molar-refractivity contribution is -0.145. The maximum absolute atomic E-state index is 12.5. The van der Waals surface area contributed by atoms with Crippen LogP contribution in [0.5, 0.6) is 0 Å². The summed E-state index contributed by atoms with van der Waals surface area (Å²) in [6.45, 7) is 10.3. The molecule has 0 aliphatic carbocycles. The number of carbonyl (C=O) groups excluding carboxylic acids is 2. The van der Waals surface area contributed by atoms with E-state index < -0.39 is 0 Å². The van der Waals surface area contributed by atoms with E-state index in [0.29, 0.717) is 25.5 Å². The summed E-state index contributed by atoms with van der Waals surface area (Å²) in [6.07, 6.45) is 3.67. The second kappa shape index (κ2) is 14.6. The number of likely N-dealkylation sites (tertiary alicyclic amines) is 1. The summed E-state index contributed by atoms with van der Waals surface area (Å²) in [5.74, 6) is 0.532. The number of esters is 1. The molecule has 3 aliphatic heterocycles. The molecule has 8 nitrogen and oxygen atoms in total. The first-order valence-electron chi connectivity index (χ1n) is 15.0. The number of ether oxygens (including phenoxy) is 2. The van der Waals surface area contributed by atoms with Crippen LogP contribution in [0.1, 0.15) is 36.8 Å². The number of rotatable bonds is 12. The van der Waals surface area contributed by atoms with Crippen LogP contribution >= 0.6 is 0 Å². The van der Waals surface area contributed by atoms with E-state index in [0.717, 1.165) is 77.4 Å². The summed E-state index contributed by atoms with van der Waals surface area (Å²) in [5.41, 5.74) is 2.39. The molecule has 216 valence electrons. The molecule has 3 heterocycles. The summed E-state index contributed by atoms with van der Waals surface area (Å²) < 4.78 is 11.1. The number of nitrogens with zero attached hydrogens (tertiary/aromatic N) is 4. The Labute approximate surface area is 238 Å². The highest BCUT2D eigenvalue weighted by molar-refractivity contribution is 5.70. The third-order valence-electron chi connectivity index (χ3n) is 8.51. The summed E-state index contributed by atoms with van der Waals surface area (Å²) in [6, 6.07) is 20.5. The second-order valence-corrected chi connectivity index (χ2v) is 11.5. The molecule has 0 N–H and O–H groups in total. The van der Waals surface area contributed by atoms with Gasteiger partial charge in [0.15, 0.2) is 0 Å². The highest BCUT2D eigenvalue weighted by Crippen LogP contribution is 2.24. The monoisotopic (exact) mass is 548 g/mol. The molecule has 0 aromatic heterocycles. The van der Waals surface area contributed by atoms with Crippen molar-refractivity contribution in [1.29, 1.82) is 0 Å². The predicted molar refractivity (Wildman–Crippen MR) is 155 cm³/mol. The molecule has 1 atom stereocenters. The fourth-order valence-electron chi connectivity index (χ4n) is 6.01. The van der Waals surface area contributed by atoms with E-state index in [2.05, 4.69) is 45.0 Å². The molecule has 0 radical (unpaired) electrons. The SMILES string of the molecule is O=C(CCN1CCN(CC2CN(CCC3CCN(Cc4ccccc4)CC3)C(=O)O2)CC1)OCc1ccccc1. The first-order chi connectivity index (χ1) is 19.6. The maximum atomic E-state index is 12.5. The summed E-state index contributed by atoms with van der Waals surface area (Å²) in [7, 11) is 0. The van der Waals surface area contributed by atoms with Crippen molar-refractivity contribution >= 4 is 12.1 Å². The molecule has 3 saturated heterocycles. The molecule has 0 spiro atoms. The van der Waals surface area contributed by atoms with Crippen molar-refractivity contribution in [1.82, 2.24) is 19.6 Å². The third kappa shape index (κ3) is 8.78. The minimum atomic E-state index is -0.154. The first kappa shape index (κ1) is 28.6. The summed E-state index contributed by atoms with van der Waals surface area (Å²) >= 11 is 0. The van der Waals surface area contributed by atoms with Crippen molar-refractivity contribution in [3.05, 3.63) is 71.8 Å². The molecule has 2 aromatic rings. The van der Waals surface area contributed by atoms with E-state index in [-0.39, 0.29) is 18.2 Å². The zero-order chi connectivity index (χ0) is 27.6. The van der Waals surface area contributed by atoms with Crippen LogP contribution in [0.25, 0.3) is 0 Å². The Morgan fingerprint density at radius 1 is 0.800 bits per heavy atom. The highest BCUT2D eigenvalue weighted by atomic mass is 16.6. The van der Waals surface area contributed by atoms with Gasteiger partial charge >= 0.3 is 12.1 Å². The van der Waals surface area contributed by atoms with Crippen molar-refractivity contribution in [3.63, 3.8) is 0 Å². The number of benzene rings is 2. The van der Waals surface area contributed by atoms with Gasteiger partial charge in [-0.15, -0.1) is 0 Å². The quantitative estimate of drug-likeness (QED) is 0.373. The van der Waals surface area contributed by atoms with Gasteiger partial charge in [-0.3, -0.25) is 14.6 Å². The number of hydrogen-bond donors (Lipinski definition) is 0. The lowest BCUT2D eigenvalue weighted by Crippen LogP contribution is -2.49. The van der Waals surface area contributed by atoms with Crippen molar-refractivity contribution in [2.24, 2.45) is 5.92 Å². The normalized spacial score (nSPS) is 21.4. The van der Waals surface area contributed by atoms with Crippen LogP contribution in [0.4, 0.5) is 4.79 Å². The Morgan fingerprint density at radius 3 is 2.15 bits per heavy atom. The molecular weight excluding hydrogens is 504 g/mol. The Balaban J connectivity index is 0.926. The number of cyclic esters (lactones) is 1. The Kier molecular flexibility index (Phi) is 10.4. The van der Waals surface area contributed by atoms with Gasteiger partial charge in [0.2, 0.25) is 0 Å². The van der Waals surface area contributed by atoms with Crippen molar-refractivity contribution in [2.75, 3.05) is 65.4 Å². The zero-order valence-electron chi connectivity index (χ0n) is 23.7. The molecule has 3 aliphatic rings. The Morgan fingerprint density at radius 2 is 1.45 bits per heavy atom. The topological polar surface area (TPSA) is 65.6 Å². The van der Waals surface area contributed by atoms with E-state index in [1.807, 2.05) is 35.2 Å². The standard InChI is InChI=1S/C32H44N4O4/c37-31(39-26-29-9-5-2-6-10-29)14-17-33-19-21-35(22-20-33)24-30-25-36(32(38)40-30)18-13-27-11-15-34(16-12-27)23-28-7-3-1-4-8-28/h1-10,27,30H,11-26H2. The van der Waals surface area contributed by atoms with Crippen molar-refractivity contribution in [2.45, 2.75) is 44.9 Å². The van der Waals surface area contributed by atoms with Gasteiger partial charge in [0.25, 0.3) is 0 Å². The van der Waals surface area contributed by atoms with Gasteiger partial charge in [-0.1, -0.05) is 60.7 Å². The van der Waals surface area contributed by atoms with Crippen LogP contribution in [-0.2, 0) is 27.4 Å². The summed E-state index contributed by atoms with van der Waals surface area (Å²) in [5, 5.41) is 0. The minimum absolute atomic E-state index is 0.0558. The van der Waals surface area contributed by atoms with E-state index in [4.69, 9.17) is 9.47 Å². The average molecular weight is 549 g/mol. The van der Waals surface area contributed by atoms with Crippen LogP contribution in [0.2, 0.25) is 0 Å². The maximum Gasteiger partial charge on any atom is 0.410 e. The Bertz CT molecular complexity index is 1050. The number of carbonyl (C=O) groups is 2. The highest BCUT2D eigenvalue weighted by Gasteiger charge is 2.33. The van der Waals surface area contributed by atoms with E-state index in [1.54, 1.807) is 0 Å². The smallest absolute Gasteiger partial charge is 0.410 e. The van der Waals surface area contributed by atoms with Crippen LogP contribution in [0.15, 0.2) is 60.7 Å². The van der Waals surface area contributed by atoms with Gasteiger partial charge in [0, 0.05) is 52.4 Å². The molecule has 0 bridgehead atoms. The number of piperidine rings is 1. The molecule has 1 amide bonds. The van der Waals surface area contributed by atoms with E-state index in [1.165, 1.54) is 18.4 Å². The second-order valence-electron chi connectivity index (χ2n) is 11.5. The molecule has 3 fully saturated rings. The van der Waals surface area contributed by atoms with Gasteiger partial charge in [-0.2, -0.15) is 0 Å². The lowest BCUT2D eigenvalue weighted by Gasteiger charge is -2.35. The zero-order valence-corrected chi connectivity index (χ0v) is 23.7. The minimum Gasteiger partial charge on any atom is -0.461 e. The number of piperazine rings is 1. The molecule has 5 rings (SSSR count). The molecular formula is C32H44N4O4. The summed E-state index contributed by atoms with van der Waals surface area (Å²) in [4.78, 5) is 33.8. The molecule has 0 saturated carbocycles. The van der Waals surface area contributed by atoms with Gasteiger partial charge in [-0.25, -0.2) is 4.79 Å². The fraction of sp³-hybridized carbons (Fsp3) is 0.562. The van der Waals surface area contributed by atoms with Crippen LogP contribution < -0.4 is 0 Å². The van der Waals surface area contributed by atoms with Gasteiger partial charge < -0.3 is 19.3 Å². The Hall–Kier alpha value is -2.94. The van der Waals surface area contributed by atoms with E-state index in [9.17, 15) is 9.59 Å². The van der Waals surface area contributed by atoms with Crippen molar-refractivity contribution < 1.29 is 19.1 Å². The fourth-order valence-corrected chi connectivity index (χ4v) is 6.01. The van der Waals surface area contributed by atoms with Gasteiger partial charge in [-0.05, 0) is 49.4 Å². The molecule has 8 heteroatoms. The molecule has 2 aromatic carbocycles.